The average molecular weight is 633 g/mol. The summed E-state index contributed by atoms with van der Waals surface area (Å²) in [5.41, 5.74) is 0.982. The number of anilines is 1. The highest BCUT2D eigenvalue weighted by atomic mass is 79.9. The zero-order valence-corrected chi connectivity index (χ0v) is 24.8. The monoisotopic (exact) mass is 631 g/mol. The predicted octanol–water partition coefficient (Wildman–Crippen LogP) is 5.77. The van der Waals surface area contributed by atoms with Crippen LogP contribution >= 0.6 is 27.5 Å². The fraction of sp³-hybridized carbons (Fsp3) is 0.310. The minimum Gasteiger partial charge on any atom is -0.352 e. The summed E-state index contributed by atoms with van der Waals surface area (Å²) in [7, 11) is -4.16. The van der Waals surface area contributed by atoms with Gasteiger partial charge < -0.3 is 10.2 Å². The van der Waals surface area contributed by atoms with Crippen molar-refractivity contribution in [1.82, 2.24) is 10.2 Å². The first kappa shape index (κ1) is 29.1. The molecule has 0 aliphatic heterocycles. The molecule has 3 aromatic rings. The highest BCUT2D eigenvalue weighted by molar-refractivity contribution is 9.10. The van der Waals surface area contributed by atoms with Crippen LogP contribution in [0.5, 0.6) is 0 Å². The lowest BCUT2D eigenvalue weighted by Gasteiger charge is -2.32. The molecule has 1 fully saturated rings. The molecule has 1 aliphatic rings. The van der Waals surface area contributed by atoms with Gasteiger partial charge in [-0.15, -0.1) is 0 Å². The van der Waals surface area contributed by atoms with Gasteiger partial charge in [0.25, 0.3) is 10.0 Å². The van der Waals surface area contributed by atoms with Gasteiger partial charge >= 0.3 is 0 Å². The first-order valence-electron chi connectivity index (χ1n) is 12.8. The molecule has 1 N–H and O–H groups in total. The first-order chi connectivity index (χ1) is 18.7. The van der Waals surface area contributed by atoms with Gasteiger partial charge in [-0.2, -0.15) is 0 Å². The minimum absolute atomic E-state index is 0.0308. The molecule has 206 valence electrons. The van der Waals surface area contributed by atoms with Gasteiger partial charge in [-0.3, -0.25) is 13.9 Å². The highest BCUT2D eigenvalue weighted by Gasteiger charge is 2.34. The molecule has 7 nitrogen and oxygen atoms in total. The fourth-order valence-corrected chi connectivity index (χ4v) is 6.88. The number of para-hydroxylation sites is 1. The molecule has 39 heavy (non-hydrogen) atoms. The average Bonchev–Trinajstić information content (AvgIpc) is 3.44. The molecule has 1 saturated carbocycles. The molecule has 0 radical (unpaired) electrons. The van der Waals surface area contributed by atoms with Crippen LogP contribution in [-0.4, -0.2) is 43.8 Å². The van der Waals surface area contributed by atoms with E-state index in [-0.39, 0.29) is 34.1 Å². The Labute approximate surface area is 243 Å². The molecule has 0 unspecified atom stereocenters. The maximum Gasteiger partial charge on any atom is 0.264 e. The van der Waals surface area contributed by atoms with Crippen molar-refractivity contribution in [2.75, 3.05) is 10.8 Å². The van der Waals surface area contributed by atoms with E-state index in [1.165, 1.54) is 17.0 Å². The Morgan fingerprint density at radius 1 is 1.00 bits per heavy atom. The molecule has 2 amide bonds. The number of nitrogens with zero attached hydrogens (tertiary/aromatic N) is 2. The number of benzene rings is 3. The molecular weight excluding hydrogens is 602 g/mol. The molecule has 0 aromatic heterocycles. The van der Waals surface area contributed by atoms with Crippen molar-refractivity contribution in [2.24, 2.45) is 0 Å². The summed E-state index contributed by atoms with van der Waals surface area (Å²) in [6, 6.07) is 21.1. The molecule has 0 spiro atoms. The third-order valence-electron chi connectivity index (χ3n) is 6.84. The second kappa shape index (κ2) is 13.0. The number of sulfonamides is 1. The largest absolute Gasteiger partial charge is 0.352 e. The Hall–Kier alpha value is -2.88. The van der Waals surface area contributed by atoms with Gasteiger partial charge in [0.1, 0.15) is 12.6 Å². The topological polar surface area (TPSA) is 86.8 Å². The van der Waals surface area contributed by atoms with Gasteiger partial charge in [0.05, 0.1) is 15.6 Å². The van der Waals surface area contributed by atoms with Crippen LogP contribution in [-0.2, 0) is 26.2 Å². The molecule has 0 bridgehead atoms. The van der Waals surface area contributed by atoms with Crippen molar-refractivity contribution in [2.45, 2.75) is 56.1 Å². The molecule has 1 aliphatic carbocycles. The smallest absolute Gasteiger partial charge is 0.264 e. The molecule has 1 atom stereocenters. The van der Waals surface area contributed by atoms with Gasteiger partial charge in [-0.05, 0) is 61.7 Å². The lowest BCUT2D eigenvalue weighted by Crippen LogP contribution is -2.52. The summed E-state index contributed by atoms with van der Waals surface area (Å²) in [5, 5.41) is 3.26. The third kappa shape index (κ3) is 7.21. The van der Waals surface area contributed by atoms with Crippen LogP contribution in [0.4, 0.5) is 5.69 Å². The molecule has 3 aromatic carbocycles. The van der Waals surface area contributed by atoms with Crippen molar-refractivity contribution in [3.8, 4) is 0 Å². The van der Waals surface area contributed by atoms with Crippen molar-refractivity contribution >= 4 is 55.1 Å². The van der Waals surface area contributed by atoms with E-state index in [0.29, 0.717) is 0 Å². The minimum atomic E-state index is -4.16. The lowest BCUT2D eigenvalue weighted by molar-refractivity contribution is -0.139. The van der Waals surface area contributed by atoms with Crippen LogP contribution in [0.1, 0.15) is 38.2 Å². The van der Waals surface area contributed by atoms with E-state index in [9.17, 15) is 18.0 Å². The summed E-state index contributed by atoms with van der Waals surface area (Å²) < 4.78 is 29.4. The number of hydrogen-bond acceptors (Lipinski definition) is 4. The van der Waals surface area contributed by atoms with Crippen molar-refractivity contribution < 1.29 is 18.0 Å². The molecule has 0 saturated heterocycles. The van der Waals surface area contributed by atoms with Crippen LogP contribution in [0.3, 0.4) is 0 Å². The van der Waals surface area contributed by atoms with Crippen molar-refractivity contribution in [1.29, 1.82) is 0 Å². The Kier molecular flexibility index (Phi) is 9.69. The number of carbonyl (C=O) groups is 2. The normalized spacial score (nSPS) is 14.5. The maximum absolute atomic E-state index is 14.0. The zero-order valence-electron chi connectivity index (χ0n) is 21.6. The van der Waals surface area contributed by atoms with Gasteiger partial charge in [0, 0.05) is 17.1 Å². The Morgan fingerprint density at radius 3 is 2.33 bits per heavy atom. The van der Waals surface area contributed by atoms with E-state index in [2.05, 4.69) is 21.2 Å². The van der Waals surface area contributed by atoms with E-state index >= 15 is 0 Å². The third-order valence-corrected chi connectivity index (χ3v) is 9.43. The number of carbonyl (C=O) groups excluding carboxylic acids is 2. The van der Waals surface area contributed by atoms with Crippen LogP contribution in [0.15, 0.2) is 88.2 Å². The number of halogens is 2. The number of nitrogens with one attached hydrogen (secondary N) is 1. The van der Waals surface area contributed by atoms with E-state index < -0.39 is 28.5 Å². The van der Waals surface area contributed by atoms with Gasteiger partial charge in [-0.25, -0.2) is 8.42 Å². The SMILES string of the molecule is C[C@H](C(=O)NC1CCCC1)N(Cc1cccc(Br)c1)C(=O)CN(c1ccccc1Cl)S(=O)(=O)c1ccccc1. The summed E-state index contributed by atoms with van der Waals surface area (Å²) >= 11 is 9.89. The molecule has 10 heteroatoms. The van der Waals surface area contributed by atoms with Crippen LogP contribution < -0.4 is 9.62 Å². The van der Waals surface area contributed by atoms with Crippen molar-refractivity contribution in [3.05, 3.63) is 93.9 Å². The zero-order chi connectivity index (χ0) is 28.0. The van der Waals surface area contributed by atoms with Gasteiger partial charge in [-0.1, -0.05) is 82.8 Å². The fourth-order valence-electron chi connectivity index (χ4n) is 4.69. The summed E-state index contributed by atoms with van der Waals surface area (Å²) in [6.45, 7) is 1.26. The van der Waals surface area contributed by atoms with E-state index in [4.69, 9.17) is 11.6 Å². The second-order valence-electron chi connectivity index (χ2n) is 9.59. The molecule has 4 rings (SSSR count). The van der Waals surface area contributed by atoms with E-state index in [1.807, 2.05) is 24.3 Å². The Bertz CT molecular complexity index is 1410. The summed E-state index contributed by atoms with van der Waals surface area (Å²) in [5.74, 6) is -0.788. The highest BCUT2D eigenvalue weighted by Crippen LogP contribution is 2.31. The molecule has 0 heterocycles. The van der Waals surface area contributed by atoms with Crippen LogP contribution in [0.2, 0.25) is 5.02 Å². The van der Waals surface area contributed by atoms with E-state index in [0.717, 1.165) is 40.0 Å². The predicted molar refractivity (Wildman–Crippen MR) is 157 cm³/mol. The maximum atomic E-state index is 14.0. The summed E-state index contributed by atoms with van der Waals surface area (Å²) in [4.78, 5) is 28.7. The Morgan fingerprint density at radius 2 is 1.67 bits per heavy atom. The number of hydrogen-bond donors (Lipinski definition) is 1. The second-order valence-corrected chi connectivity index (χ2v) is 12.8. The van der Waals surface area contributed by atoms with Crippen molar-refractivity contribution in [3.63, 3.8) is 0 Å². The van der Waals surface area contributed by atoms with E-state index in [1.54, 1.807) is 49.4 Å². The van der Waals surface area contributed by atoms with Gasteiger partial charge in [0.2, 0.25) is 11.8 Å². The number of rotatable bonds is 10. The molecular formula is C29H31BrClN3O4S. The number of amides is 2. The first-order valence-corrected chi connectivity index (χ1v) is 15.4. The van der Waals surface area contributed by atoms with Crippen LogP contribution in [0, 0.1) is 0 Å². The summed E-state index contributed by atoms with van der Waals surface area (Å²) in [6.07, 6.45) is 3.94. The Balaban J connectivity index is 1.69. The van der Waals surface area contributed by atoms with Crippen LogP contribution in [0.25, 0.3) is 0 Å². The lowest BCUT2D eigenvalue weighted by atomic mass is 10.1. The quantitative estimate of drug-likeness (QED) is 0.307. The standard InChI is InChI=1S/C29H31BrClN3O4S/c1-21(29(36)32-24-12-5-6-13-24)33(19-22-10-9-11-23(30)18-22)28(35)20-34(27-17-8-7-16-26(27)31)39(37,38)25-14-3-2-4-15-25/h2-4,7-11,14-18,21,24H,5-6,12-13,19-20H2,1H3,(H,32,36)/t21-/m1/s1. The van der Waals surface area contributed by atoms with Gasteiger partial charge in [0.15, 0.2) is 0 Å².